The Morgan fingerprint density at radius 2 is 2.20 bits per heavy atom. The van der Waals surface area contributed by atoms with Crippen molar-refractivity contribution in [2.75, 3.05) is 5.32 Å². The van der Waals surface area contributed by atoms with Gasteiger partial charge in [0.25, 0.3) is 0 Å². The van der Waals surface area contributed by atoms with Crippen LogP contribution in [0, 0.1) is 6.92 Å². The van der Waals surface area contributed by atoms with Gasteiger partial charge in [-0.15, -0.1) is 11.3 Å². The molecule has 2 N–H and O–H groups in total. The van der Waals surface area contributed by atoms with Crippen LogP contribution in [0.25, 0.3) is 0 Å². The van der Waals surface area contributed by atoms with Crippen molar-refractivity contribution in [3.8, 4) is 0 Å². The van der Waals surface area contributed by atoms with E-state index in [-0.39, 0.29) is 11.5 Å². The number of carboxylic acid groups (broad SMARTS) is 1. The third kappa shape index (κ3) is 3.54. The quantitative estimate of drug-likeness (QED) is 0.884. The molecule has 0 aromatic carbocycles. The number of hydrogen-bond donors (Lipinski definition) is 2. The Labute approximate surface area is 121 Å². The summed E-state index contributed by atoms with van der Waals surface area (Å²) >= 11 is 1.61. The summed E-state index contributed by atoms with van der Waals surface area (Å²) < 4.78 is 0. The SMILES string of the molecule is Cc1ncc(CNc2cc(C(=O)O)cc(C(C)C)n2)s1. The topological polar surface area (TPSA) is 75.1 Å². The number of rotatable bonds is 5. The minimum atomic E-state index is -0.939. The average Bonchev–Trinajstić information content (AvgIpc) is 2.81. The van der Waals surface area contributed by atoms with Crippen molar-refractivity contribution in [2.45, 2.75) is 33.2 Å². The molecule has 0 spiro atoms. The maximum Gasteiger partial charge on any atom is 0.335 e. The van der Waals surface area contributed by atoms with Crippen molar-refractivity contribution in [2.24, 2.45) is 0 Å². The van der Waals surface area contributed by atoms with Crippen LogP contribution < -0.4 is 5.32 Å². The van der Waals surface area contributed by atoms with Gasteiger partial charge in [0.1, 0.15) is 5.82 Å². The van der Waals surface area contributed by atoms with Gasteiger partial charge < -0.3 is 10.4 Å². The largest absolute Gasteiger partial charge is 0.478 e. The Kier molecular flexibility index (Phi) is 4.34. The van der Waals surface area contributed by atoms with E-state index in [0.717, 1.165) is 15.6 Å². The zero-order chi connectivity index (χ0) is 14.7. The third-order valence-corrected chi connectivity index (χ3v) is 3.71. The van der Waals surface area contributed by atoms with Crippen molar-refractivity contribution < 1.29 is 9.90 Å². The van der Waals surface area contributed by atoms with Gasteiger partial charge in [-0.05, 0) is 25.0 Å². The minimum absolute atomic E-state index is 0.181. The predicted octanol–water partition coefficient (Wildman–Crippen LogP) is 3.28. The normalized spacial score (nSPS) is 10.8. The summed E-state index contributed by atoms with van der Waals surface area (Å²) in [6, 6.07) is 3.18. The number of aromatic nitrogens is 2. The van der Waals surface area contributed by atoms with Gasteiger partial charge in [0, 0.05) is 16.8 Å². The summed E-state index contributed by atoms with van der Waals surface area (Å²) in [6.45, 7) is 6.53. The molecule has 0 fully saturated rings. The highest BCUT2D eigenvalue weighted by Gasteiger charge is 2.11. The molecule has 0 radical (unpaired) electrons. The Morgan fingerprint density at radius 1 is 1.45 bits per heavy atom. The maximum absolute atomic E-state index is 11.1. The number of carboxylic acids is 1. The molecule has 106 valence electrons. The van der Waals surface area contributed by atoms with E-state index >= 15 is 0 Å². The number of pyridine rings is 1. The number of nitrogens with one attached hydrogen (secondary N) is 1. The average molecular weight is 291 g/mol. The first kappa shape index (κ1) is 14.5. The van der Waals surface area contributed by atoms with Crippen LogP contribution in [0.2, 0.25) is 0 Å². The lowest BCUT2D eigenvalue weighted by atomic mass is 10.1. The Balaban J connectivity index is 2.19. The Bertz CT molecular complexity index is 623. The maximum atomic E-state index is 11.1. The predicted molar refractivity (Wildman–Crippen MR) is 79.5 cm³/mol. The van der Waals surface area contributed by atoms with Crippen molar-refractivity contribution in [3.05, 3.63) is 39.5 Å². The van der Waals surface area contributed by atoms with Crippen LogP contribution in [0.5, 0.6) is 0 Å². The van der Waals surface area contributed by atoms with E-state index in [2.05, 4.69) is 15.3 Å². The van der Waals surface area contributed by atoms with E-state index < -0.39 is 5.97 Å². The second kappa shape index (κ2) is 6.00. The van der Waals surface area contributed by atoms with Crippen LogP contribution >= 0.6 is 11.3 Å². The summed E-state index contributed by atoms with van der Waals surface area (Å²) in [6.07, 6.45) is 1.82. The summed E-state index contributed by atoms with van der Waals surface area (Å²) in [5.74, 6) is -0.175. The van der Waals surface area contributed by atoms with Crippen molar-refractivity contribution in [1.82, 2.24) is 9.97 Å². The number of carbonyl (C=O) groups is 1. The third-order valence-electron chi connectivity index (χ3n) is 2.80. The zero-order valence-corrected chi connectivity index (χ0v) is 12.5. The molecule has 0 unspecified atom stereocenters. The van der Waals surface area contributed by atoms with E-state index in [4.69, 9.17) is 5.11 Å². The molecule has 2 heterocycles. The molecule has 5 nitrogen and oxygen atoms in total. The van der Waals surface area contributed by atoms with Crippen LogP contribution in [0.3, 0.4) is 0 Å². The lowest BCUT2D eigenvalue weighted by Gasteiger charge is -2.10. The zero-order valence-electron chi connectivity index (χ0n) is 11.7. The summed E-state index contributed by atoms with van der Waals surface area (Å²) in [7, 11) is 0. The van der Waals surface area contributed by atoms with Crippen molar-refractivity contribution >= 4 is 23.1 Å². The molecule has 0 saturated carbocycles. The molecule has 0 saturated heterocycles. The van der Waals surface area contributed by atoms with Crippen molar-refractivity contribution in [3.63, 3.8) is 0 Å². The van der Waals surface area contributed by atoms with Crippen LogP contribution in [-0.2, 0) is 6.54 Å². The van der Waals surface area contributed by atoms with Gasteiger partial charge in [0.05, 0.1) is 17.1 Å². The number of nitrogens with zero attached hydrogens (tertiary/aromatic N) is 2. The first-order valence-electron chi connectivity index (χ1n) is 6.36. The summed E-state index contributed by atoms with van der Waals surface area (Å²) in [5.41, 5.74) is 1.03. The molecule has 2 aromatic rings. The molecule has 0 amide bonds. The fraction of sp³-hybridized carbons (Fsp3) is 0.357. The molecule has 20 heavy (non-hydrogen) atoms. The van der Waals surface area contributed by atoms with Gasteiger partial charge in [-0.2, -0.15) is 0 Å². The number of thiazole rings is 1. The van der Waals surface area contributed by atoms with Crippen LogP contribution in [0.15, 0.2) is 18.3 Å². The molecule has 0 bridgehead atoms. The van der Waals surface area contributed by atoms with Crippen LogP contribution in [-0.4, -0.2) is 21.0 Å². The fourth-order valence-electron chi connectivity index (χ4n) is 1.73. The minimum Gasteiger partial charge on any atom is -0.478 e. The van der Waals surface area contributed by atoms with Gasteiger partial charge in [0.2, 0.25) is 0 Å². The second-order valence-corrected chi connectivity index (χ2v) is 6.14. The van der Waals surface area contributed by atoms with E-state index in [1.807, 2.05) is 27.0 Å². The van der Waals surface area contributed by atoms with E-state index in [1.54, 1.807) is 23.5 Å². The van der Waals surface area contributed by atoms with E-state index in [1.165, 1.54) is 0 Å². The van der Waals surface area contributed by atoms with Crippen LogP contribution in [0.1, 0.15) is 45.7 Å². The smallest absolute Gasteiger partial charge is 0.335 e. The van der Waals surface area contributed by atoms with Gasteiger partial charge >= 0.3 is 5.97 Å². The van der Waals surface area contributed by atoms with Gasteiger partial charge in [-0.3, -0.25) is 0 Å². The molecule has 0 atom stereocenters. The van der Waals surface area contributed by atoms with Gasteiger partial charge in [-0.25, -0.2) is 14.8 Å². The Hall–Kier alpha value is -1.95. The highest BCUT2D eigenvalue weighted by Crippen LogP contribution is 2.19. The molecule has 0 aliphatic carbocycles. The highest BCUT2D eigenvalue weighted by molar-refractivity contribution is 7.11. The summed E-state index contributed by atoms with van der Waals surface area (Å²) in [5, 5.41) is 13.3. The molecule has 0 aliphatic heterocycles. The molecule has 2 aromatic heterocycles. The monoisotopic (exact) mass is 291 g/mol. The standard InChI is InChI=1S/C14H17N3O2S/c1-8(2)12-4-10(14(18)19)5-13(17-12)16-7-11-6-15-9(3)20-11/h4-6,8H,7H2,1-3H3,(H,16,17)(H,18,19). The van der Waals surface area contributed by atoms with E-state index in [0.29, 0.717) is 12.4 Å². The fourth-order valence-corrected chi connectivity index (χ4v) is 2.46. The number of anilines is 1. The lowest BCUT2D eigenvalue weighted by Crippen LogP contribution is -2.06. The molecular formula is C14H17N3O2S. The Morgan fingerprint density at radius 3 is 2.75 bits per heavy atom. The second-order valence-electron chi connectivity index (χ2n) is 4.82. The number of hydrogen-bond acceptors (Lipinski definition) is 5. The summed E-state index contributed by atoms with van der Waals surface area (Å²) in [4.78, 5) is 20.9. The first-order valence-corrected chi connectivity index (χ1v) is 7.18. The lowest BCUT2D eigenvalue weighted by molar-refractivity contribution is 0.0696. The molecular weight excluding hydrogens is 274 g/mol. The van der Waals surface area contributed by atoms with Gasteiger partial charge in [-0.1, -0.05) is 13.8 Å². The van der Waals surface area contributed by atoms with Crippen LogP contribution in [0.4, 0.5) is 5.82 Å². The molecule has 2 rings (SSSR count). The highest BCUT2D eigenvalue weighted by atomic mass is 32.1. The number of aromatic carboxylic acids is 1. The van der Waals surface area contributed by atoms with Crippen molar-refractivity contribution in [1.29, 1.82) is 0 Å². The molecule has 6 heteroatoms. The van der Waals surface area contributed by atoms with E-state index in [9.17, 15) is 4.79 Å². The first-order chi connectivity index (χ1) is 9.45. The van der Waals surface area contributed by atoms with Gasteiger partial charge in [0.15, 0.2) is 0 Å². The molecule has 0 aliphatic rings. The number of aryl methyl sites for hydroxylation is 1.